The van der Waals surface area contributed by atoms with Crippen molar-refractivity contribution in [3.8, 4) is 5.75 Å². The number of amides is 2. The molecule has 1 aliphatic heterocycles. The average molecular weight is 396 g/mol. The summed E-state index contributed by atoms with van der Waals surface area (Å²) >= 11 is 1.05. The van der Waals surface area contributed by atoms with Gasteiger partial charge in [-0.15, -0.1) is 0 Å². The molecule has 1 atom stereocenters. The number of nitrogens with one attached hydrogen (secondary N) is 1. The summed E-state index contributed by atoms with van der Waals surface area (Å²) in [7, 11) is 3.66. The second-order valence-corrected chi connectivity index (χ2v) is 7.90. The van der Waals surface area contributed by atoms with E-state index in [-0.39, 0.29) is 16.4 Å². The van der Waals surface area contributed by atoms with Crippen molar-refractivity contribution in [1.82, 2.24) is 5.32 Å². The lowest BCUT2D eigenvalue weighted by Gasteiger charge is -2.18. The van der Waals surface area contributed by atoms with Crippen LogP contribution in [0, 0.1) is 0 Å². The van der Waals surface area contributed by atoms with E-state index in [1.54, 1.807) is 7.11 Å². The molecule has 2 heterocycles. The van der Waals surface area contributed by atoms with Gasteiger partial charge in [0.05, 0.1) is 18.9 Å². The summed E-state index contributed by atoms with van der Waals surface area (Å²) in [4.78, 5) is 25.2. The predicted octanol–water partition coefficient (Wildman–Crippen LogP) is 3.97. The number of hydrogen-bond acceptors (Lipinski definition) is 6. The highest BCUT2D eigenvalue weighted by Gasteiger charge is 2.31. The van der Waals surface area contributed by atoms with Crippen LogP contribution in [-0.4, -0.2) is 30.6 Å². The largest absolute Gasteiger partial charge is 0.497 e. The quantitative estimate of drug-likeness (QED) is 0.680. The number of thioether (sulfide) groups is 1. The van der Waals surface area contributed by atoms with Gasteiger partial charge in [0, 0.05) is 18.1 Å². The molecular weight excluding hydrogens is 376 g/mol. The Hall–Kier alpha value is -2.93. The van der Waals surface area contributed by atoms with Crippen LogP contribution in [0.2, 0.25) is 0 Å². The first-order valence-electron chi connectivity index (χ1n) is 8.90. The lowest BCUT2D eigenvalue weighted by atomic mass is 10.1. The molecule has 0 bridgehead atoms. The Morgan fingerprint density at radius 1 is 1.14 bits per heavy atom. The second-order valence-electron chi connectivity index (χ2n) is 6.73. The van der Waals surface area contributed by atoms with Gasteiger partial charge in [0.1, 0.15) is 17.1 Å². The highest BCUT2D eigenvalue weighted by molar-refractivity contribution is 8.15. The minimum Gasteiger partial charge on any atom is -0.497 e. The van der Waals surface area contributed by atoms with E-state index in [0.717, 1.165) is 45.5 Å². The molecule has 6 nitrogen and oxygen atoms in total. The molecule has 1 N–H and O–H groups in total. The maximum atomic E-state index is 11.8. The van der Waals surface area contributed by atoms with Crippen molar-refractivity contribution in [2.45, 2.75) is 18.2 Å². The van der Waals surface area contributed by atoms with Crippen molar-refractivity contribution in [1.29, 1.82) is 0 Å². The number of nitrogens with zero attached hydrogens (tertiary/aromatic N) is 1. The zero-order valence-electron chi connectivity index (χ0n) is 15.6. The molecule has 144 valence electrons. The van der Waals surface area contributed by atoms with Gasteiger partial charge in [-0.3, -0.25) is 14.9 Å². The van der Waals surface area contributed by atoms with Crippen LogP contribution in [-0.2, 0) is 17.8 Å². The van der Waals surface area contributed by atoms with Gasteiger partial charge in [-0.05, 0) is 54.4 Å². The van der Waals surface area contributed by atoms with Crippen LogP contribution in [0.15, 0.2) is 52.9 Å². The molecule has 3 aromatic rings. The molecule has 0 spiro atoms. The second kappa shape index (κ2) is 7.59. The van der Waals surface area contributed by atoms with Crippen LogP contribution in [0.3, 0.4) is 0 Å². The Morgan fingerprint density at radius 3 is 2.61 bits per heavy atom. The van der Waals surface area contributed by atoms with Crippen LogP contribution < -0.4 is 15.0 Å². The zero-order chi connectivity index (χ0) is 19.7. The maximum Gasteiger partial charge on any atom is 0.286 e. The van der Waals surface area contributed by atoms with E-state index in [4.69, 9.17) is 9.15 Å². The van der Waals surface area contributed by atoms with Crippen LogP contribution in [0.4, 0.5) is 10.5 Å². The summed E-state index contributed by atoms with van der Waals surface area (Å²) in [6, 6.07) is 15.8. The number of rotatable bonds is 6. The lowest BCUT2D eigenvalue weighted by molar-refractivity contribution is -0.118. The molecular formula is C21H20N2O4S. The van der Waals surface area contributed by atoms with Gasteiger partial charge >= 0.3 is 0 Å². The molecule has 1 aliphatic rings. The smallest absolute Gasteiger partial charge is 0.286 e. The first-order chi connectivity index (χ1) is 13.5. The molecule has 7 heteroatoms. The molecule has 1 saturated heterocycles. The predicted molar refractivity (Wildman–Crippen MR) is 110 cm³/mol. The van der Waals surface area contributed by atoms with E-state index in [2.05, 4.69) is 10.2 Å². The fraction of sp³-hybridized carbons (Fsp3) is 0.238. The Kier molecular flexibility index (Phi) is 5.00. The number of fused-ring (bicyclic) bond motifs is 1. The number of anilines is 1. The molecule has 0 aliphatic carbocycles. The molecule has 2 aromatic carbocycles. The van der Waals surface area contributed by atoms with Gasteiger partial charge in [0.15, 0.2) is 0 Å². The van der Waals surface area contributed by atoms with Gasteiger partial charge in [-0.25, -0.2) is 0 Å². The standard InChI is InChI=1S/C21H20N2O4S/c1-23(15-4-6-16(26-2)7-5-15)12-17-11-14-9-13(3-8-18(14)27-17)10-19-20(24)22-21(25)28-19/h3-9,11,19H,10,12H2,1-2H3,(H,22,24,25). The van der Waals surface area contributed by atoms with E-state index in [0.29, 0.717) is 13.0 Å². The van der Waals surface area contributed by atoms with Crippen molar-refractivity contribution in [3.63, 3.8) is 0 Å². The van der Waals surface area contributed by atoms with E-state index in [1.807, 2.05) is 55.6 Å². The number of hydrogen-bond donors (Lipinski definition) is 1. The number of furan rings is 1. The van der Waals surface area contributed by atoms with Crippen molar-refractivity contribution >= 4 is 39.6 Å². The minimum atomic E-state index is -0.363. The number of ether oxygens (including phenoxy) is 1. The zero-order valence-corrected chi connectivity index (χ0v) is 16.4. The van der Waals surface area contributed by atoms with Gasteiger partial charge in [-0.1, -0.05) is 17.8 Å². The summed E-state index contributed by atoms with van der Waals surface area (Å²) in [5.41, 5.74) is 2.88. The van der Waals surface area contributed by atoms with E-state index in [1.165, 1.54) is 0 Å². The monoisotopic (exact) mass is 396 g/mol. The van der Waals surface area contributed by atoms with E-state index in [9.17, 15) is 9.59 Å². The Balaban J connectivity index is 1.48. The summed E-state index contributed by atoms with van der Waals surface area (Å²) in [5, 5.41) is 2.68. The van der Waals surface area contributed by atoms with Crippen LogP contribution in [0.5, 0.6) is 5.75 Å². The maximum absolute atomic E-state index is 11.8. The van der Waals surface area contributed by atoms with E-state index < -0.39 is 0 Å². The van der Waals surface area contributed by atoms with Crippen molar-refractivity contribution in [3.05, 3.63) is 59.9 Å². The Morgan fingerprint density at radius 2 is 1.93 bits per heavy atom. The Bertz CT molecular complexity index is 1030. The summed E-state index contributed by atoms with van der Waals surface area (Å²) in [5.74, 6) is 1.46. The normalized spacial score (nSPS) is 16.4. The fourth-order valence-electron chi connectivity index (χ4n) is 3.26. The molecule has 2 amide bonds. The van der Waals surface area contributed by atoms with Crippen LogP contribution in [0.25, 0.3) is 11.0 Å². The van der Waals surface area contributed by atoms with Gasteiger partial charge in [0.25, 0.3) is 5.24 Å². The van der Waals surface area contributed by atoms with E-state index >= 15 is 0 Å². The van der Waals surface area contributed by atoms with Gasteiger partial charge in [0.2, 0.25) is 5.91 Å². The molecule has 0 radical (unpaired) electrons. The van der Waals surface area contributed by atoms with Crippen molar-refractivity contribution < 1.29 is 18.7 Å². The average Bonchev–Trinajstić information content (AvgIpc) is 3.23. The third kappa shape index (κ3) is 3.84. The van der Waals surface area contributed by atoms with Crippen LogP contribution in [0.1, 0.15) is 11.3 Å². The molecule has 1 fully saturated rings. The van der Waals surface area contributed by atoms with Gasteiger partial charge in [-0.2, -0.15) is 0 Å². The number of benzene rings is 2. The number of imide groups is 1. The lowest BCUT2D eigenvalue weighted by Crippen LogP contribution is -2.25. The molecule has 4 rings (SSSR count). The third-order valence-corrected chi connectivity index (χ3v) is 5.71. The topological polar surface area (TPSA) is 71.8 Å². The minimum absolute atomic E-state index is 0.218. The summed E-state index contributed by atoms with van der Waals surface area (Å²) < 4.78 is 11.2. The molecule has 1 aromatic heterocycles. The highest BCUT2D eigenvalue weighted by atomic mass is 32.2. The summed E-state index contributed by atoms with van der Waals surface area (Å²) in [6.07, 6.45) is 0.518. The molecule has 1 unspecified atom stereocenters. The fourth-order valence-corrected chi connectivity index (χ4v) is 4.12. The molecule has 0 saturated carbocycles. The number of carbonyl (C=O) groups is 2. The van der Waals surface area contributed by atoms with Crippen molar-refractivity contribution in [2.75, 3.05) is 19.1 Å². The van der Waals surface area contributed by atoms with Crippen LogP contribution >= 0.6 is 11.8 Å². The number of methoxy groups -OCH3 is 1. The number of carbonyl (C=O) groups excluding carboxylic acids is 2. The summed E-state index contributed by atoms with van der Waals surface area (Å²) in [6.45, 7) is 0.631. The molecule has 28 heavy (non-hydrogen) atoms. The van der Waals surface area contributed by atoms with Crippen molar-refractivity contribution in [2.24, 2.45) is 0 Å². The highest BCUT2D eigenvalue weighted by Crippen LogP contribution is 2.27. The third-order valence-electron chi connectivity index (χ3n) is 4.73. The first kappa shape index (κ1) is 18.4. The van der Waals surface area contributed by atoms with Gasteiger partial charge < -0.3 is 14.1 Å². The SMILES string of the molecule is COc1ccc(N(C)Cc2cc3cc(CC4SC(=O)NC4=O)ccc3o2)cc1. The first-order valence-corrected chi connectivity index (χ1v) is 9.78. The Labute approximate surface area is 166 Å².